The monoisotopic (exact) mass is 371 g/mol. The molecule has 0 atom stereocenters. The first-order valence-electron chi connectivity index (χ1n) is 8.21. The van der Waals surface area contributed by atoms with Gasteiger partial charge in [0.15, 0.2) is 0 Å². The zero-order valence-electron chi connectivity index (χ0n) is 14.7. The van der Waals surface area contributed by atoms with Crippen molar-refractivity contribution in [2.45, 2.75) is 17.9 Å². The Morgan fingerprint density at radius 1 is 1.08 bits per heavy atom. The van der Waals surface area contributed by atoms with Crippen LogP contribution in [0.15, 0.2) is 59.6 Å². The lowest BCUT2D eigenvalue weighted by molar-refractivity contribution is -0.120. The van der Waals surface area contributed by atoms with Crippen molar-refractivity contribution < 1.29 is 13.2 Å². The molecule has 0 saturated heterocycles. The van der Waals surface area contributed by atoms with E-state index in [4.69, 9.17) is 0 Å². The molecular formula is C19H21N3O3S. The molecule has 0 aliphatic carbocycles. The Bertz CT molecular complexity index is 1020. The molecule has 1 heterocycles. The van der Waals surface area contributed by atoms with Crippen LogP contribution < -0.4 is 5.32 Å². The molecule has 0 saturated carbocycles. The molecular weight excluding hydrogens is 350 g/mol. The highest BCUT2D eigenvalue weighted by Crippen LogP contribution is 2.18. The van der Waals surface area contributed by atoms with E-state index < -0.39 is 10.0 Å². The van der Waals surface area contributed by atoms with Gasteiger partial charge in [0, 0.05) is 37.7 Å². The van der Waals surface area contributed by atoms with Crippen molar-refractivity contribution in [3.63, 3.8) is 0 Å². The minimum atomic E-state index is -3.44. The van der Waals surface area contributed by atoms with Crippen LogP contribution in [0, 0.1) is 0 Å². The number of para-hydroxylation sites is 1. The molecule has 2 N–H and O–H groups in total. The van der Waals surface area contributed by atoms with Crippen molar-refractivity contribution in [3.8, 4) is 0 Å². The number of hydrogen-bond acceptors (Lipinski definition) is 3. The molecule has 1 aromatic heterocycles. The van der Waals surface area contributed by atoms with Gasteiger partial charge in [-0.15, -0.1) is 0 Å². The second-order valence-electron chi connectivity index (χ2n) is 6.24. The smallest absolute Gasteiger partial charge is 0.242 e. The van der Waals surface area contributed by atoms with Crippen LogP contribution in [0.5, 0.6) is 0 Å². The molecule has 1 amide bonds. The zero-order valence-corrected chi connectivity index (χ0v) is 15.5. The number of carbonyl (C=O) groups is 1. The fraction of sp³-hybridized carbons (Fsp3) is 0.211. The van der Waals surface area contributed by atoms with Crippen LogP contribution in [-0.2, 0) is 27.8 Å². The van der Waals surface area contributed by atoms with E-state index in [-0.39, 0.29) is 17.2 Å². The number of H-pyrrole nitrogens is 1. The van der Waals surface area contributed by atoms with Gasteiger partial charge in [-0.05, 0) is 29.3 Å². The molecule has 6 nitrogen and oxygen atoms in total. The number of hydrogen-bond donors (Lipinski definition) is 2. The number of rotatable bonds is 6. The van der Waals surface area contributed by atoms with Crippen LogP contribution in [0.2, 0.25) is 0 Å². The van der Waals surface area contributed by atoms with Gasteiger partial charge in [-0.25, -0.2) is 12.7 Å². The number of fused-ring (bicyclic) bond motifs is 1. The van der Waals surface area contributed by atoms with Crippen LogP contribution in [0.25, 0.3) is 10.9 Å². The van der Waals surface area contributed by atoms with Crippen molar-refractivity contribution in [1.82, 2.24) is 14.6 Å². The van der Waals surface area contributed by atoms with Gasteiger partial charge in [0.1, 0.15) is 0 Å². The van der Waals surface area contributed by atoms with Gasteiger partial charge in [-0.3, -0.25) is 4.79 Å². The molecule has 3 aromatic rings. The zero-order chi connectivity index (χ0) is 18.7. The van der Waals surface area contributed by atoms with Crippen molar-refractivity contribution in [2.24, 2.45) is 0 Å². The Morgan fingerprint density at radius 2 is 1.77 bits per heavy atom. The van der Waals surface area contributed by atoms with E-state index in [0.29, 0.717) is 6.54 Å². The molecule has 136 valence electrons. The first-order valence-corrected chi connectivity index (χ1v) is 9.65. The summed E-state index contributed by atoms with van der Waals surface area (Å²) in [6.45, 7) is 0.351. The predicted molar refractivity (Wildman–Crippen MR) is 101 cm³/mol. The third-order valence-electron chi connectivity index (χ3n) is 4.22. The van der Waals surface area contributed by atoms with Crippen LogP contribution in [0.1, 0.15) is 11.1 Å². The number of benzene rings is 2. The molecule has 0 unspecified atom stereocenters. The first-order chi connectivity index (χ1) is 12.4. The van der Waals surface area contributed by atoms with Gasteiger partial charge < -0.3 is 10.3 Å². The molecule has 0 spiro atoms. The Morgan fingerprint density at radius 3 is 2.46 bits per heavy atom. The van der Waals surface area contributed by atoms with Crippen LogP contribution >= 0.6 is 0 Å². The second-order valence-corrected chi connectivity index (χ2v) is 8.40. The van der Waals surface area contributed by atoms with Gasteiger partial charge in [0.2, 0.25) is 15.9 Å². The topological polar surface area (TPSA) is 82.3 Å². The maximum Gasteiger partial charge on any atom is 0.242 e. The highest BCUT2D eigenvalue weighted by molar-refractivity contribution is 7.89. The lowest BCUT2D eigenvalue weighted by Gasteiger charge is -2.12. The summed E-state index contributed by atoms with van der Waals surface area (Å²) in [5.41, 5.74) is 2.80. The molecule has 3 rings (SSSR count). The molecule has 2 aromatic carbocycles. The SMILES string of the molecule is CN(C)S(=O)(=O)c1ccc(CNC(=O)Cc2c[nH]c3ccccc23)cc1. The maximum atomic E-state index is 12.2. The van der Waals surface area contributed by atoms with E-state index in [1.807, 2.05) is 30.5 Å². The molecule has 0 radical (unpaired) electrons. The molecule has 0 bridgehead atoms. The summed E-state index contributed by atoms with van der Waals surface area (Å²) in [7, 11) is -0.449. The van der Waals surface area contributed by atoms with Gasteiger partial charge in [-0.2, -0.15) is 0 Å². The predicted octanol–water partition coefficient (Wildman–Crippen LogP) is 2.28. The fourth-order valence-electron chi connectivity index (χ4n) is 2.70. The Kier molecular flexibility index (Phi) is 5.11. The Balaban J connectivity index is 1.61. The maximum absolute atomic E-state index is 12.2. The number of carbonyl (C=O) groups excluding carboxylic acids is 1. The largest absolute Gasteiger partial charge is 0.361 e. The lowest BCUT2D eigenvalue weighted by Crippen LogP contribution is -2.24. The van der Waals surface area contributed by atoms with Crippen LogP contribution in [0.4, 0.5) is 0 Å². The average Bonchev–Trinajstić information content (AvgIpc) is 3.03. The second kappa shape index (κ2) is 7.31. The quantitative estimate of drug-likeness (QED) is 0.697. The van der Waals surface area contributed by atoms with Gasteiger partial charge in [-0.1, -0.05) is 30.3 Å². The third-order valence-corrected chi connectivity index (χ3v) is 6.05. The van der Waals surface area contributed by atoms with E-state index in [0.717, 1.165) is 22.0 Å². The summed E-state index contributed by atoms with van der Waals surface area (Å²) in [5.74, 6) is -0.0836. The number of nitrogens with zero attached hydrogens (tertiary/aromatic N) is 1. The summed E-state index contributed by atoms with van der Waals surface area (Å²) >= 11 is 0. The first kappa shape index (κ1) is 18.2. The molecule has 0 aliphatic heterocycles. The summed E-state index contributed by atoms with van der Waals surface area (Å²) in [5, 5.41) is 3.91. The fourth-order valence-corrected chi connectivity index (χ4v) is 3.61. The van der Waals surface area contributed by atoms with Crippen molar-refractivity contribution in [3.05, 3.63) is 65.9 Å². The molecule has 7 heteroatoms. The Hall–Kier alpha value is -2.64. The van der Waals surface area contributed by atoms with E-state index in [2.05, 4.69) is 10.3 Å². The van der Waals surface area contributed by atoms with E-state index in [1.54, 1.807) is 24.3 Å². The normalized spacial score (nSPS) is 11.8. The van der Waals surface area contributed by atoms with E-state index in [9.17, 15) is 13.2 Å². The van der Waals surface area contributed by atoms with Crippen LogP contribution in [0.3, 0.4) is 0 Å². The minimum Gasteiger partial charge on any atom is -0.361 e. The van der Waals surface area contributed by atoms with Gasteiger partial charge >= 0.3 is 0 Å². The van der Waals surface area contributed by atoms with E-state index >= 15 is 0 Å². The molecule has 26 heavy (non-hydrogen) atoms. The highest BCUT2D eigenvalue weighted by Gasteiger charge is 2.16. The summed E-state index contributed by atoms with van der Waals surface area (Å²) in [4.78, 5) is 15.6. The third kappa shape index (κ3) is 3.79. The van der Waals surface area contributed by atoms with Crippen LogP contribution in [-0.4, -0.2) is 37.7 Å². The highest BCUT2D eigenvalue weighted by atomic mass is 32.2. The summed E-state index contributed by atoms with van der Waals surface area (Å²) < 4.78 is 25.3. The summed E-state index contributed by atoms with van der Waals surface area (Å²) in [6.07, 6.45) is 2.14. The average molecular weight is 371 g/mol. The number of amides is 1. The number of sulfonamides is 1. The van der Waals surface area contributed by atoms with Gasteiger partial charge in [0.05, 0.1) is 11.3 Å². The molecule has 0 fully saturated rings. The van der Waals surface area contributed by atoms with Gasteiger partial charge in [0.25, 0.3) is 0 Å². The molecule has 0 aliphatic rings. The summed E-state index contributed by atoms with van der Waals surface area (Å²) in [6, 6.07) is 14.4. The standard InChI is InChI=1S/C19H21N3O3S/c1-22(2)26(24,25)16-9-7-14(8-10-16)12-21-19(23)11-15-13-20-18-6-4-3-5-17(15)18/h3-10,13,20H,11-12H2,1-2H3,(H,21,23). The number of aromatic amines is 1. The van der Waals surface area contributed by atoms with Crippen molar-refractivity contribution in [2.75, 3.05) is 14.1 Å². The number of nitrogens with one attached hydrogen (secondary N) is 2. The van der Waals surface area contributed by atoms with E-state index in [1.165, 1.54) is 18.4 Å². The van der Waals surface area contributed by atoms with Crippen molar-refractivity contribution in [1.29, 1.82) is 0 Å². The number of aromatic nitrogens is 1. The lowest BCUT2D eigenvalue weighted by atomic mass is 10.1. The Labute approximate surface area is 152 Å². The minimum absolute atomic E-state index is 0.0836. The van der Waals surface area contributed by atoms with Crippen molar-refractivity contribution >= 4 is 26.8 Å².